The van der Waals surface area contributed by atoms with Crippen LogP contribution in [0.1, 0.15) is 42.3 Å². The summed E-state index contributed by atoms with van der Waals surface area (Å²) in [5.41, 5.74) is 5.07. The highest BCUT2D eigenvalue weighted by Crippen LogP contribution is 2.32. The molecule has 0 saturated heterocycles. The number of aromatic nitrogens is 1. The van der Waals surface area contributed by atoms with Gasteiger partial charge in [-0.2, -0.15) is 0 Å². The molecule has 0 atom stereocenters. The molecule has 0 N–H and O–H groups in total. The van der Waals surface area contributed by atoms with E-state index in [1.54, 1.807) is 6.07 Å². The lowest BCUT2D eigenvalue weighted by Gasteiger charge is -2.26. The molecule has 4 rings (SSSR count). The van der Waals surface area contributed by atoms with Gasteiger partial charge in [0.05, 0.1) is 7.11 Å². The number of carbonyl (C=O) groups excluding carboxylic acids is 1. The lowest BCUT2D eigenvalue weighted by molar-refractivity contribution is -0.390. The van der Waals surface area contributed by atoms with Crippen LogP contribution in [-0.2, 0) is 11.8 Å². The maximum absolute atomic E-state index is 13.1. The number of nitrogens with zero attached hydrogens (tertiary/aromatic N) is 3. The number of pyridine rings is 1. The Hall–Kier alpha value is -3.74. The van der Waals surface area contributed by atoms with Crippen LogP contribution >= 0.6 is 0 Å². The Morgan fingerprint density at radius 1 is 1.03 bits per heavy atom. The summed E-state index contributed by atoms with van der Waals surface area (Å²) in [4.78, 5) is 29.4. The van der Waals surface area contributed by atoms with Crippen LogP contribution in [0.2, 0.25) is 0 Å². The van der Waals surface area contributed by atoms with Crippen molar-refractivity contribution in [2.75, 3.05) is 18.6 Å². The summed E-state index contributed by atoms with van der Waals surface area (Å²) >= 11 is 0. The van der Waals surface area contributed by atoms with Gasteiger partial charge in [0.2, 0.25) is 5.75 Å². The Bertz CT molecular complexity index is 1200. The molecule has 0 spiro atoms. The number of rotatable bonds is 4. The molecule has 7 heteroatoms. The third-order valence-electron chi connectivity index (χ3n) is 5.76. The van der Waals surface area contributed by atoms with E-state index in [0.29, 0.717) is 18.5 Å². The lowest BCUT2D eigenvalue weighted by Crippen LogP contribution is -2.38. The topological polar surface area (TPSA) is 85.6 Å². The van der Waals surface area contributed by atoms with Gasteiger partial charge < -0.3 is 14.9 Å². The average molecular weight is 431 g/mol. The molecule has 0 bridgehead atoms. The summed E-state index contributed by atoms with van der Waals surface area (Å²) in [5.74, 6) is -0.314. The van der Waals surface area contributed by atoms with Gasteiger partial charge in [-0.25, -0.2) is 0 Å². The van der Waals surface area contributed by atoms with Crippen LogP contribution in [0.5, 0.6) is 5.75 Å². The van der Waals surface area contributed by atoms with Gasteiger partial charge in [-0.1, -0.05) is 57.2 Å². The molecule has 0 fully saturated rings. The molecule has 0 aliphatic carbocycles. The fraction of sp³-hybridized carbons (Fsp3) is 0.280. The molecule has 2 aromatic carbocycles. The minimum atomic E-state index is -0.609. The van der Waals surface area contributed by atoms with Gasteiger partial charge in [-0.05, 0) is 56.1 Å². The lowest BCUT2D eigenvalue weighted by atomic mass is 9.86. The van der Waals surface area contributed by atoms with Crippen molar-refractivity contribution in [1.29, 1.82) is 0 Å². The molecule has 7 nitrogen and oxygen atoms in total. The number of hydrogen-bond donors (Lipinski definition) is 0. The Morgan fingerprint density at radius 3 is 2.34 bits per heavy atom. The summed E-state index contributed by atoms with van der Waals surface area (Å²) in [6.45, 7) is 6.95. The largest absolute Gasteiger partial charge is 0.489 e. The minimum Gasteiger partial charge on any atom is -0.489 e. The second-order valence-electron chi connectivity index (χ2n) is 8.86. The second-order valence-corrected chi connectivity index (χ2v) is 8.86. The van der Waals surface area contributed by atoms with Gasteiger partial charge in [-0.15, -0.1) is 0 Å². The molecule has 1 aliphatic heterocycles. The van der Waals surface area contributed by atoms with E-state index in [0.717, 1.165) is 16.7 Å². The van der Waals surface area contributed by atoms with Crippen LogP contribution in [0.25, 0.3) is 11.1 Å². The fourth-order valence-corrected chi connectivity index (χ4v) is 3.92. The van der Waals surface area contributed by atoms with Gasteiger partial charge in [0.1, 0.15) is 0 Å². The molecule has 0 radical (unpaired) electrons. The number of ether oxygens (including phenoxy) is 1. The highest BCUT2D eigenvalue weighted by molar-refractivity contribution is 6.08. The molecule has 2 heterocycles. The number of hydrogen-bond acceptors (Lipinski definition) is 5. The zero-order chi connectivity index (χ0) is 23.0. The number of nitro groups is 1. The first-order chi connectivity index (χ1) is 15.2. The van der Waals surface area contributed by atoms with Crippen molar-refractivity contribution in [2.24, 2.45) is 0 Å². The molecule has 1 aliphatic rings. The Kier molecular flexibility index (Phi) is 5.42. The van der Waals surface area contributed by atoms with E-state index in [9.17, 15) is 14.9 Å². The summed E-state index contributed by atoms with van der Waals surface area (Å²) in [7, 11) is 1.35. The number of anilines is 1. The zero-order valence-corrected chi connectivity index (χ0v) is 18.6. The van der Waals surface area contributed by atoms with Gasteiger partial charge in [-0.3, -0.25) is 9.69 Å². The monoisotopic (exact) mass is 431 g/mol. The molecule has 0 saturated carbocycles. The van der Waals surface area contributed by atoms with Crippen LogP contribution < -0.4 is 9.64 Å². The van der Waals surface area contributed by atoms with Crippen molar-refractivity contribution in [3.8, 4) is 16.9 Å². The van der Waals surface area contributed by atoms with Crippen molar-refractivity contribution in [3.05, 3.63) is 81.4 Å². The first kappa shape index (κ1) is 21.5. The molecule has 0 unspecified atom stereocenters. The molecular weight excluding hydrogens is 406 g/mol. The predicted molar refractivity (Wildman–Crippen MR) is 123 cm³/mol. The van der Waals surface area contributed by atoms with E-state index < -0.39 is 10.7 Å². The maximum Gasteiger partial charge on any atom is 0.408 e. The predicted octanol–water partition coefficient (Wildman–Crippen LogP) is 5.17. The normalized spacial score (nSPS) is 13.6. The third kappa shape index (κ3) is 3.93. The standard InChI is InChI=1S/C25H25N3O4/c1-25(2,3)19-8-5-16(6-9-19)17-7-10-20-18(15-17)13-14-27(24(20)29)22-12-11-21(32-4)23(26-22)28(30)31/h5-12,15H,13-14H2,1-4H3. The summed E-state index contributed by atoms with van der Waals surface area (Å²) in [5, 5.41) is 11.3. The third-order valence-corrected chi connectivity index (χ3v) is 5.76. The van der Waals surface area contributed by atoms with Gasteiger partial charge in [0, 0.05) is 18.2 Å². The minimum absolute atomic E-state index is 0.0609. The number of methoxy groups -OCH3 is 1. The molecular formula is C25H25N3O4. The van der Waals surface area contributed by atoms with Gasteiger partial charge in [0.15, 0.2) is 0 Å². The van der Waals surface area contributed by atoms with E-state index >= 15 is 0 Å². The second kappa shape index (κ2) is 8.07. The van der Waals surface area contributed by atoms with Gasteiger partial charge >= 0.3 is 5.82 Å². The van der Waals surface area contributed by atoms with E-state index in [1.807, 2.05) is 12.1 Å². The number of amides is 1. The van der Waals surface area contributed by atoms with Crippen LogP contribution in [0.15, 0.2) is 54.6 Å². The van der Waals surface area contributed by atoms with Crippen molar-refractivity contribution < 1.29 is 14.5 Å². The molecule has 3 aromatic rings. The van der Waals surface area contributed by atoms with Crippen molar-refractivity contribution in [2.45, 2.75) is 32.6 Å². The number of carbonyl (C=O) groups is 1. The van der Waals surface area contributed by atoms with E-state index in [1.165, 1.54) is 23.6 Å². The first-order valence-corrected chi connectivity index (χ1v) is 10.4. The van der Waals surface area contributed by atoms with E-state index in [2.05, 4.69) is 56.1 Å². The first-order valence-electron chi connectivity index (χ1n) is 10.4. The molecule has 1 amide bonds. The van der Waals surface area contributed by atoms with Crippen LogP contribution in [-0.4, -0.2) is 29.5 Å². The number of fused-ring (bicyclic) bond motifs is 1. The van der Waals surface area contributed by atoms with Gasteiger partial charge in [0.25, 0.3) is 11.7 Å². The Balaban J connectivity index is 1.62. The fourth-order valence-electron chi connectivity index (χ4n) is 3.92. The summed E-state index contributed by atoms with van der Waals surface area (Å²) in [6, 6.07) is 17.4. The molecule has 164 valence electrons. The van der Waals surface area contributed by atoms with Crippen molar-refractivity contribution in [1.82, 2.24) is 4.98 Å². The number of benzene rings is 2. The quantitative estimate of drug-likeness (QED) is 0.420. The van der Waals surface area contributed by atoms with Crippen LogP contribution in [0, 0.1) is 10.1 Å². The van der Waals surface area contributed by atoms with Crippen LogP contribution in [0.4, 0.5) is 11.6 Å². The summed E-state index contributed by atoms with van der Waals surface area (Å²) < 4.78 is 5.01. The van der Waals surface area contributed by atoms with E-state index in [4.69, 9.17) is 4.74 Å². The highest BCUT2D eigenvalue weighted by Gasteiger charge is 2.30. The summed E-state index contributed by atoms with van der Waals surface area (Å²) in [6.07, 6.45) is 0.635. The Labute approximate surface area is 186 Å². The SMILES string of the molecule is COc1ccc(N2CCc3cc(-c4ccc(C(C)(C)C)cc4)ccc3C2=O)nc1[N+](=O)[O-]. The highest BCUT2D eigenvalue weighted by atomic mass is 16.6. The molecule has 32 heavy (non-hydrogen) atoms. The zero-order valence-electron chi connectivity index (χ0n) is 18.6. The smallest absolute Gasteiger partial charge is 0.408 e. The van der Waals surface area contributed by atoms with Crippen LogP contribution in [0.3, 0.4) is 0 Å². The van der Waals surface area contributed by atoms with Crippen molar-refractivity contribution >= 4 is 17.5 Å². The van der Waals surface area contributed by atoms with Crippen molar-refractivity contribution in [3.63, 3.8) is 0 Å². The Morgan fingerprint density at radius 2 is 1.72 bits per heavy atom. The van der Waals surface area contributed by atoms with E-state index in [-0.39, 0.29) is 22.9 Å². The average Bonchev–Trinajstić information content (AvgIpc) is 2.78. The molecule has 1 aromatic heterocycles. The maximum atomic E-state index is 13.1.